The molecular formula is C22H25ClN2O. The fourth-order valence-electron chi connectivity index (χ4n) is 4.12. The predicted molar refractivity (Wildman–Crippen MR) is 107 cm³/mol. The van der Waals surface area contributed by atoms with E-state index in [2.05, 4.69) is 34.5 Å². The smallest absolute Gasteiger partial charge is 0.253 e. The Morgan fingerprint density at radius 1 is 1.04 bits per heavy atom. The zero-order valence-electron chi connectivity index (χ0n) is 15.0. The predicted octanol–water partition coefficient (Wildman–Crippen LogP) is 4.62. The summed E-state index contributed by atoms with van der Waals surface area (Å²) in [6, 6.07) is 14.5. The number of nitrogens with zero attached hydrogens (tertiary/aromatic N) is 1. The van der Waals surface area contributed by atoms with Crippen LogP contribution in [0.1, 0.15) is 47.2 Å². The normalized spacial score (nSPS) is 19.7. The van der Waals surface area contributed by atoms with Gasteiger partial charge in [0.2, 0.25) is 0 Å². The van der Waals surface area contributed by atoms with E-state index in [9.17, 15) is 4.79 Å². The Balaban J connectivity index is 1.48. The summed E-state index contributed by atoms with van der Waals surface area (Å²) in [5.41, 5.74) is 4.45. The maximum atomic E-state index is 12.9. The molecule has 1 aliphatic carbocycles. The lowest BCUT2D eigenvalue weighted by molar-refractivity contribution is 0.0934. The number of fused-ring (bicyclic) bond motifs is 1. The third-order valence-electron chi connectivity index (χ3n) is 5.60. The van der Waals surface area contributed by atoms with E-state index in [1.165, 1.54) is 30.4 Å². The van der Waals surface area contributed by atoms with Gasteiger partial charge in [-0.05, 0) is 67.9 Å². The molecule has 1 heterocycles. The second kappa shape index (κ2) is 7.71. The Bertz CT molecular complexity index is 798. The second-order valence-corrected chi connectivity index (χ2v) is 7.80. The van der Waals surface area contributed by atoms with Gasteiger partial charge in [0.25, 0.3) is 5.91 Å². The number of carbonyl (C=O) groups excluding carboxylic acids is 1. The lowest BCUT2D eigenvalue weighted by atomic mass is 9.88. The first-order valence-electron chi connectivity index (χ1n) is 9.63. The van der Waals surface area contributed by atoms with Crippen molar-refractivity contribution >= 4 is 23.2 Å². The molecule has 0 radical (unpaired) electrons. The largest absolute Gasteiger partial charge is 0.372 e. The number of benzene rings is 2. The Kier molecular flexibility index (Phi) is 5.16. The Hall–Kier alpha value is -2.00. The van der Waals surface area contributed by atoms with Gasteiger partial charge in [0, 0.05) is 24.8 Å². The van der Waals surface area contributed by atoms with Gasteiger partial charge in [0.15, 0.2) is 0 Å². The van der Waals surface area contributed by atoms with Crippen molar-refractivity contribution in [3.63, 3.8) is 0 Å². The molecule has 1 aliphatic heterocycles. The van der Waals surface area contributed by atoms with E-state index in [1.807, 2.05) is 18.2 Å². The zero-order valence-corrected chi connectivity index (χ0v) is 15.8. The van der Waals surface area contributed by atoms with Crippen molar-refractivity contribution in [3.8, 4) is 0 Å². The maximum Gasteiger partial charge on any atom is 0.253 e. The van der Waals surface area contributed by atoms with Crippen LogP contribution in [-0.2, 0) is 12.8 Å². The van der Waals surface area contributed by atoms with Crippen LogP contribution in [0.4, 0.5) is 5.69 Å². The van der Waals surface area contributed by atoms with Crippen LogP contribution in [0.25, 0.3) is 0 Å². The van der Waals surface area contributed by atoms with Crippen molar-refractivity contribution in [2.45, 2.75) is 44.6 Å². The van der Waals surface area contributed by atoms with Gasteiger partial charge >= 0.3 is 0 Å². The monoisotopic (exact) mass is 368 g/mol. The standard InChI is InChI=1S/C22H25ClN2O/c23-21-11-10-19(25-12-4-1-5-13-25)15-20(21)22(26)24-18-9-8-16-6-2-3-7-17(16)14-18/h2-3,6-7,10-11,15,18H,1,4-5,8-9,12-14H2,(H,24,26)/t18-/m0/s1. The van der Waals surface area contributed by atoms with E-state index in [0.717, 1.165) is 38.0 Å². The molecule has 0 bridgehead atoms. The van der Waals surface area contributed by atoms with Crippen LogP contribution < -0.4 is 10.2 Å². The van der Waals surface area contributed by atoms with Crippen molar-refractivity contribution in [1.82, 2.24) is 5.32 Å². The molecule has 136 valence electrons. The fraction of sp³-hybridized carbons (Fsp3) is 0.409. The summed E-state index contributed by atoms with van der Waals surface area (Å²) in [4.78, 5) is 15.2. The minimum absolute atomic E-state index is 0.0572. The minimum atomic E-state index is -0.0572. The van der Waals surface area contributed by atoms with E-state index < -0.39 is 0 Å². The number of piperidine rings is 1. The van der Waals surface area contributed by atoms with Crippen molar-refractivity contribution < 1.29 is 4.79 Å². The second-order valence-electron chi connectivity index (χ2n) is 7.39. The Morgan fingerprint density at radius 3 is 2.62 bits per heavy atom. The average molecular weight is 369 g/mol. The molecule has 3 nitrogen and oxygen atoms in total. The first kappa shape index (κ1) is 17.4. The number of hydrogen-bond donors (Lipinski definition) is 1. The summed E-state index contributed by atoms with van der Waals surface area (Å²) in [7, 11) is 0. The molecule has 1 saturated heterocycles. The highest BCUT2D eigenvalue weighted by atomic mass is 35.5. The molecule has 1 atom stereocenters. The molecule has 0 unspecified atom stereocenters. The van der Waals surface area contributed by atoms with Crippen molar-refractivity contribution in [1.29, 1.82) is 0 Å². The summed E-state index contributed by atoms with van der Waals surface area (Å²) in [6.07, 6.45) is 6.61. The van der Waals surface area contributed by atoms with Gasteiger partial charge < -0.3 is 10.2 Å². The zero-order chi connectivity index (χ0) is 17.9. The Labute approximate surface area is 160 Å². The first-order valence-corrected chi connectivity index (χ1v) is 10.0. The lowest BCUT2D eigenvalue weighted by Gasteiger charge is -2.29. The number of carbonyl (C=O) groups is 1. The number of halogens is 1. The van der Waals surface area contributed by atoms with Crippen molar-refractivity contribution in [2.75, 3.05) is 18.0 Å². The number of nitrogens with one attached hydrogen (secondary N) is 1. The fourth-order valence-corrected chi connectivity index (χ4v) is 4.32. The molecule has 2 aliphatic rings. The van der Waals surface area contributed by atoms with E-state index in [1.54, 1.807) is 0 Å². The molecule has 1 N–H and O–H groups in total. The van der Waals surface area contributed by atoms with Crippen molar-refractivity contribution in [2.24, 2.45) is 0 Å². The SMILES string of the molecule is O=C(N[C@H]1CCc2ccccc2C1)c1cc(N2CCCCC2)ccc1Cl. The quantitative estimate of drug-likeness (QED) is 0.857. The van der Waals surface area contributed by atoms with E-state index in [4.69, 9.17) is 11.6 Å². The van der Waals surface area contributed by atoms with Gasteiger partial charge in [-0.15, -0.1) is 0 Å². The van der Waals surface area contributed by atoms with Crippen LogP contribution in [0, 0.1) is 0 Å². The lowest BCUT2D eigenvalue weighted by Crippen LogP contribution is -2.39. The number of rotatable bonds is 3. The van der Waals surface area contributed by atoms with Crippen LogP contribution in [0.5, 0.6) is 0 Å². The first-order chi connectivity index (χ1) is 12.7. The number of aryl methyl sites for hydroxylation is 1. The number of anilines is 1. The van der Waals surface area contributed by atoms with Crippen LogP contribution >= 0.6 is 11.6 Å². The summed E-state index contributed by atoms with van der Waals surface area (Å²) in [5.74, 6) is -0.0572. The van der Waals surface area contributed by atoms with Crippen LogP contribution in [0.15, 0.2) is 42.5 Å². The molecule has 2 aromatic rings. The molecule has 26 heavy (non-hydrogen) atoms. The van der Waals surface area contributed by atoms with Gasteiger partial charge in [0.05, 0.1) is 10.6 Å². The molecule has 0 spiro atoms. The number of amides is 1. The highest BCUT2D eigenvalue weighted by Gasteiger charge is 2.22. The van der Waals surface area contributed by atoms with Gasteiger partial charge in [-0.25, -0.2) is 0 Å². The van der Waals surface area contributed by atoms with Crippen molar-refractivity contribution in [3.05, 3.63) is 64.2 Å². The van der Waals surface area contributed by atoms with E-state index >= 15 is 0 Å². The Morgan fingerprint density at radius 2 is 1.81 bits per heavy atom. The van der Waals surface area contributed by atoms with Crippen LogP contribution in [-0.4, -0.2) is 25.0 Å². The number of hydrogen-bond acceptors (Lipinski definition) is 2. The topological polar surface area (TPSA) is 32.3 Å². The van der Waals surface area contributed by atoms with Gasteiger partial charge in [0.1, 0.15) is 0 Å². The highest BCUT2D eigenvalue weighted by Crippen LogP contribution is 2.27. The third kappa shape index (κ3) is 3.73. The third-order valence-corrected chi connectivity index (χ3v) is 5.93. The van der Waals surface area contributed by atoms with Gasteiger partial charge in [-0.3, -0.25) is 4.79 Å². The van der Waals surface area contributed by atoms with E-state index in [-0.39, 0.29) is 11.9 Å². The average Bonchev–Trinajstić information content (AvgIpc) is 2.69. The van der Waals surface area contributed by atoms with E-state index in [0.29, 0.717) is 10.6 Å². The van der Waals surface area contributed by atoms with Gasteiger partial charge in [-0.1, -0.05) is 35.9 Å². The highest BCUT2D eigenvalue weighted by molar-refractivity contribution is 6.34. The maximum absolute atomic E-state index is 12.9. The molecule has 2 aromatic carbocycles. The van der Waals surface area contributed by atoms with Gasteiger partial charge in [-0.2, -0.15) is 0 Å². The molecule has 4 heteroatoms. The molecule has 4 rings (SSSR count). The summed E-state index contributed by atoms with van der Waals surface area (Å²) in [6.45, 7) is 2.12. The molecule has 1 fully saturated rings. The molecule has 1 amide bonds. The molecular weight excluding hydrogens is 344 g/mol. The summed E-state index contributed by atoms with van der Waals surface area (Å²) >= 11 is 6.35. The summed E-state index contributed by atoms with van der Waals surface area (Å²) < 4.78 is 0. The summed E-state index contributed by atoms with van der Waals surface area (Å²) in [5, 5.41) is 3.73. The van der Waals surface area contributed by atoms with Crippen LogP contribution in [0.3, 0.4) is 0 Å². The molecule has 0 saturated carbocycles. The molecule has 0 aromatic heterocycles. The van der Waals surface area contributed by atoms with Crippen LogP contribution in [0.2, 0.25) is 5.02 Å². The minimum Gasteiger partial charge on any atom is -0.372 e.